The molecular weight excluding hydrogens is 282 g/mol. The van der Waals surface area contributed by atoms with E-state index in [-0.39, 0.29) is 18.2 Å². The lowest BCUT2D eigenvalue weighted by Crippen LogP contribution is -2.27. The number of ether oxygens (including phenoxy) is 1. The quantitative estimate of drug-likeness (QED) is 0.819. The molecule has 0 spiro atoms. The van der Waals surface area contributed by atoms with E-state index in [0.29, 0.717) is 13.1 Å². The molecule has 0 bridgehead atoms. The van der Waals surface area contributed by atoms with E-state index in [4.69, 9.17) is 9.84 Å². The van der Waals surface area contributed by atoms with E-state index in [1.165, 1.54) is 0 Å². The van der Waals surface area contributed by atoms with Crippen molar-refractivity contribution in [3.63, 3.8) is 0 Å². The second-order valence-electron chi connectivity index (χ2n) is 5.72. The highest BCUT2D eigenvalue weighted by molar-refractivity contribution is 5.86. The lowest BCUT2D eigenvalue weighted by Gasteiger charge is -2.17. The number of methoxy groups -OCH3 is 1. The highest BCUT2D eigenvalue weighted by Crippen LogP contribution is 2.33. The molecule has 118 valence electrons. The molecule has 1 fully saturated rings. The fourth-order valence-corrected chi connectivity index (χ4v) is 2.87. The SMILES string of the molecule is C=C(C)[C@H]1CN(Cc2ccc(OC)cc2)C(=O)[C@H]1CC(=O)O. The van der Waals surface area contributed by atoms with Crippen LogP contribution in [0.3, 0.4) is 0 Å². The largest absolute Gasteiger partial charge is 0.497 e. The van der Waals surface area contributed by atoms with Crippen molar-refractivity contribution < 1.29 is 19.4 Å². The number of hydrogen-bond donors (Lipinski definition) is 1. The van der Waals surface area contributed by atoms with Gasteiger partial charge in [-0.05, 0) is 24.6 Å². The van der Waals surface area contributed by atoms with Gasteiger partial charge in [0.1, 0.15) is 5.75 Å². The summed E-state index contributed by atoms with van der Waals surface area (Å²) in [6.07, 6.45) is -0.143. The molecule has 1 aliphatic rings. The Morgan fingerprint density at radius 2 is 2.05 bits per heavy atom. The minimum atomic E-state index is -0.948. The third-order valence-electron chi connectivity index (χ3n) is 4.09. The molecule has 1 aromatic rings. The van der Waals surface area contributed by atoms with E-state index in [1.807, 2.05) is 31.2 Å². The van der Waals surface area contributed by atoms with Gasteiger partial charge in [0, 0.05) is 19.0 Å². The van der Waals surface area contributed by atoms with Crippen molar-refractivity contribution in [2.75, 3.05) is 13.7 Å². The number of aliphatic carboxylic acids is 1. The maximum Gasteiger partial charge on any atom is 0.304 e. The zero-order chi connectivity index (χ0) is 16.3. The highest BCUT2D eigenvalue weighted by atomic mass is 16.5. The first-order chi connectivity index (χ1) is 10.4. The number of rotatable bonds is 6. The van der Waals surface area contributed by atoms with Gasteiger partial charge in [-0.15, -0.1) is 0 Å². The summed E-state index contributed by atoms with van der Waals surface area (Å²) in [7, 11) is 1.60. The summed E-state index contributed by atoms with van der Waals surface area (Å²) < 4.78 is 5.11. The summed E-state index contributed by atoms with van der Waals surface area (Å²) in [6, 6.07) is 7.51. The molecule has 1 aliphatic heterocycles. The van der Waals surface area contributed by atoms with Crippen LogP contribution in [0.4, 0.5) is 0 Å². The summed E-state index contributed by atoms with van der Waals surface area (Å²) in [6.45, 7) is 6.76. The Hall–Kier alpha value is -2.30. The number of carboxylic acids is 1. The van der Waals surface area contributed by atoms with E-state index in [2.05, 4.69) is 6.58 Å². The molecular formula is C17H21NO4. The molecule has 1 heterocycles. The van der Waals surface area contributed by atoms with Crippen LogP contribution < -0.4 is 4.74 Å². The summed E-state index contributed by atoms with van der Waals surface area (Å²) in [5.41, 5.74) is 1.85. The van der Waals surface area contributed by atoms with Gasteiger partial charge in [0.15, 0.2) is 0 Å². The molecule has 1 N–H and O–H groups in total. The van der Waals surface area contributed by atoms with Gasteiger partial charge in [-0.3, -0.25) is 9.59 Å². The van der Waals surface area contributed by atoms with Crippen LogP contribution >= 0.6 is 0 Å². The van der Waals surface area contributed by atoms with E-state index >= 15 is 0 Å². The van der Waals surface area contributed by atoms with Gasteiger partial charge in [-0.2, -0.15) is 0 Å². The van der Waals surface area contributed by atoms with Gasteiger partial charge in [-0.1, -0.05) is 24.3 Å². The van der Waals surface area contributed by atoms with Crippen molar-refractivity contribution in [1.29, 1.82) is 0 Å². The fraction of sp³-hybridized carbons (Fsp3) is 0.412. The third kappa shape index (κ3) is 3.47. The van der Waals surface area contributed by atoms with Gasteiger partial charge in [0.05, 0.1) is 19.4 Å². The van der Waals surface area contributed by atoms with Crippen LogP contribution in [0.2, 0.25) is 0 Å². The Morgan fingerprint density at radius 3 is 2.55 bits per heavy atom. The topological polar surface area (TPSA) is 66.8 Å². The molecule has 2 atom stereocenters. The Balaban J connectivity index is 2.12. The van der Waals surface area contributed by atoms with Crippen LogP contribution in [-0.2, 0) is 16.1 Å². The van der Waals surface area contributed by atoms with Crippen molar-refractivity contribution in [2.45, 2.75) is 19.9 Å². The molecule has 0 aliphatic carbocycles. The minimum absolute atomic E-state index is 0.0955. The van der Waals surface area contributed by atoms with Crippen LogP contribution in [0.1, 0.15) is 18.9 Å². The molecule has 0 unspecified atom stereocenters. The Labute approximate surface area is 130 Å². The summed E-state index contributed by atoms with van der Waals surface area (Å²) in [5, 5.41) is 9.01. The van der Waals surface area contributed by atoms with Crippen LogP contribution in [0.5, 0.6) is 5.75 Å². The van der Waals surface area contributed by atoms with Crippen LogP contribution in [0.15, 0.2) is 36.4 Å². The Kier molecular flexibility index (Phi) is 4.85. The molecule has 22 heavy (non-hydrogen) atoms. The first kappa shape index (κ1) is 16.1. The maximum absolute atomic E-state index is 12.5. The van der Waals surface area contributed by atoms with Crippen molar-refractivity contribution in [3.05, 3.63) is 42.0 Å². The number of likely N-dealkylation sites (tertiary alicyclic amines) is 1. The number of amides is 1. The van der Waals surface area contributed by atoms with Crippen LogP contribution in [-0.4, -0.2) is 35.5 Å². The number of benzene rings is 1. The molecule has 0 saturated carbocycles. The predicted octanol–water partition coefficient (Wildman–Crippen LogP) is 2.32. The molecule has 5 nitrogen and oxygen atoms in total. The molecule has 0 radical (unpaired) electrons. The number of carboxylic acid groups (broad SMARTS) is 1. The smallest absolute Gasteiger partial charge is 0.304 e. The molecule has 1 saturated heterocycles. The van der Waals surface area contributed by atoms with Crippen molar-refractivity contribution >= 4 is 11.9 Å². The Morgan fingerprint density at radius 1 is 1.41 bits per heavy atom. The number of carbonyl (C=O) groups is 2. The molecule has 0 aromatic heterocycles. The zero-order valence-electron chi connectivity index (χ0n) is 12.9. The zero-order valence-corrected chi connectivity index (χ0v) is 12.9. The maximum atomic E-state index is 12.5. The standard InChI is InChI=1S/C17H21NO4/c1-11(2)15-10-18(17(21)14(15)8-16(19)20)9-12-4-6-13(22-3)7-5-12/h4-7,14-15H,1,8-10H2,2-3H3,(H,19,20)/t14-,15+/m0/s1. The van der Waals surface area contributed by atoms with Crippen LogP contribution in [0.25, 0.3) is 0 Å². The number of hydrogen-bond acceptors (Lipinski definition) is 3. The molecule has 1 amide bonds. The summed E-state index contributed by atoms with van der Waals surface area (Å²) in [4.78, 5) is 25.2. The number of nitrogens with zero attached hydrogens (tertiary/aromatic N) is 1. The fourth-order valence-electron chi connectivity index (χ4n) is 2.87. The molecule has 5 heteroatoms. The normalized spacial score (nSPS) is 21.0. The van der Waals surface area contributed by atoms with Gasteiger partial charge < -0.3 is 14.7 Å². The van der Waals surface area contributed by atoms with Crippen molar-refractivity contribution in [2.24, 2.45) is 11.8 Å². The first-order valence-electron chi connectivity index (χ1n) is 7.21. The van der Waals surface area contributed by atoms with Crippen molar-refractivity contribution in [1.82, 2.24) is 4.90 Å². The van der Waals surface area contributed by atoms with Gasteiger partial charge in [0.2, 0.25) is 5.91 Å². The lowest BCUT2D eigenvalue weighted by atomic mass is 9.88. The average molecular weight is 303 g/mol. The highest BCUT2D eigenvalue weighted by Gasteiger charge is 2.41. The summed E-state index contributed by atoms with van der Waals surface area (Å²) >= 11 is 0. The van der Waals surface area contributed by atoms with Gasteiger partial charge >= 0.3 is 5.97 Å². The number of carbonyl (C=O) groups excluding carboxylic acids is 1. The average Bonchev–Trinajstić information content (AvgIpc) is 2.77. The summed E-state index contributed by atoms with van der Waals surface area (Å²) in [5.74, 6) is -0.891. The van der Waals surface area contributed by atoms with E-state index < -0.39 is 11.9 Å². The third-order valence-corrected chi connectivity index (χ3v) is 4.09. The first-order valence-corrected chi connectivity index (χ1v) is 7.21. The second-order valence-corrected chi connectivity index (χ2v) is 5.72. The minimum Gasteiger partial charge on any atom is -0.497 e. The van der Waals surface area contributed by atoms with Gasteiger partial charge in [-0.25, -0.2) is 0 Å². The van der Waals surface area contributed by atoms with Crippen LogP contribution in [0, 0.1) is 11.8 Å². The molecule has 1 aromatic carbocycles. The second kappa shape index (κ2) is 6.64. The lowest BCUT2D eigenvalue weighted by molar-refractivity contribution is -0.142. The van der Waals surface area contributed by atoms with Crippen molar-refractivity contribution in [3.8, 4) is 5.75 Å². The van der Waals surface area contributed by atoms with E-state index in [1.54, 1.807) is 12.0 Å². The molecule has 2 rings (SSSR count). The Bertz CT molecular complexity index is 579. The van der Waals surface area contributed by atoms with E-state index in [0.717, 1.165) is 16.9 Å². The monoisotopic (exact) mass is 303 g/mol. The van der Waals surface area contributed by atoms with Gasteiger partial charge in [0.25, 0.3) is 0 Å². The predicted molar refractivity (Wildman–Crippen MR) is 82.5 cm³/mol. The van der Waals surface area contributed by atoms with E-state index in [9.17, 15) is 9.59 Å².